The largest absolute Gasteiger partial charge is 0.482 e. The van der Waals surface area contributed by atoms with E-state index >= 15 is 0 Å². The molecule has 0 radical (unpaired) electrons. The van der Waals surface area contributed by atoms with Gasteiger partial charge in [0.15, 0.2) is 6.61 Å². The number of esters is 1. The summed E-state index contributed by atoms with van der Waals surface area (Å²) in [6.45, 7) is 12.3. The molecule has 0 aliphatic heterocycles. The zero-order valence-electron chi connectivity index (χ0n) is 29.9. The Bertz CT molecular complexity index is 1730. The molecule has 4 aliphatic rings. The number of hydrogen-bond acceptors (Lipinski definition) is 5. The summed E-state index contributed by atoms with van der Waals surface area (Å²) >= 11 is 0. The molecule has 5 heteroatoms. The Labute approximate surface area is 286 Å². The summed E-state index contributed by atoms with van der Waals surface area (Å²) in [5.41, 5.74) is 2.32. The predicted octanol–water partition coefficient (Wildman–Crippen LogP) is 10.7. The monoisotopic (exact) mass is 652 g/mol. The van der Waals surface area contributed by atoms with Crippen molar-refractivity contribution in [2.45, 2.75) is 118 Å². The van der Waals surface area contributed by atoms with Crippen molar-refractivity contribution in [1.29, 1.82) is 0 Å². The van der Waals surface area contributed by atoms with E-state index in [1.54, 1.807) is 12.1 Å². The molecule has 0 bridgehead atoms. The van der Waals surface area contributed by atoms with Gasteiger partial charge in [0.1, 0.15) is 17.4 Å². The third-order valence-corrected chi connectivity index (χ3v) is 13.6. The van der Waals surface area contributed by atoms with Crippen LogP contribution in [0.3, 0.4) is 0 Å². The van der Waals surface area contributed by atoms with Crippen LogP contribution >= 0.6 is 0 Å². The van der Waals surface area contributed by atoms with Crippen LogP contribution in [0.5, 0.6) is 5.75 Å². The summed E-state index contributed by atoms with van der Waals surface area (Å²) in [6.07, 6.45) is 17.7. The van der Waals surface area contributed by atoms with E-state index in [0.717, 1.165) is 65.5 Å². The van der Waals surface area contributed by atoms with E-state index in [0.29, 0.717) is 22.1 Å². The van der Waals surface area contributed by atoms with Crippen LogP contribution in [0.25, 0.3) is 21.7 Å². The average molecular weight is 653 g/mol. The first-order valence-electron chi connectivity index (χ1n) is 19.0. The zero-order chi connectivity index (χ0) is 33.6. The Morgan fingerprint density at radius 2 is 1.75 bits per heavy atom. The number of ether oxygens (including phenoxy) is 2. The molecule has 0 spiro atoms. The first kappa shape index (κ1) is 33.4. The normalized spacial score (nSPS) is 32.2. The highest BCUT2D eigenvalue weighted by atomic mass is 16.6. The van der Waals surface area contributed by atoms with Gasteiger partial charge >= 0.3 is 11.6 Å². The first-order chi connectivity index (χ1) is 23.0. The van der Waals surface area contributed by atoms with Crippen molar-refractivity contribution in [3.8, 4) is 5.75 Å². The maximum Gasteiger partial charge on any atom is 0.344 e. The van der Waals surface area contributed by atoms with Crippen LogP contribution in [0.15, 0.2) is 63.3 Å². The van der Waals surface area contributed by atoms with Gasteiger partial charge < -0.3 is 13.9 Å². The first-order valence-corrected chi connectivity index (χ1v) is 19.0. The van der Waals surface area contributed by atoms with Crippen LogP contribution in [-0.2, 0) is 9.53 Å². The molecule has 3 fully saturated rings. The second-order valence-corrected chi connectivity index (χ2v) is 17.0. The standard InChI is InChI=1S/C43H56O5/c1-27(2)9-8-10-28(3)29-13-18-37-36-16-14-30-23-32(19-22-43(30,5)38(36)20-21-42(37,4)25-29)47-40(44)26-46-31-15-17-34-33-11-6-7-12-35(33)41(45)48-39(34)24-31/h6-7,11-12,14-15,17,24,27-29,32,36-38H,8-10,13,16,18-23,25-26H2,1-5H3/t28-,29+,32+,36+,37-,38+,42+,43-/m0/s1. The van der Waals surface area contributed by atoms with E-state index < -0.39 is 0 Å². The minimum Gasteiger partial charge on any atom is -0.482 e. The maximum absolute atomic E-state index is 13.0. The Balaban J connectivity index is 0.947. The molecule has 8 atom stereocenters. The lowest BCUT2D eigenvalue weighted by Crippen LogP contribution is -2.52. The molecule has 3 aromatic rings. The van der Waals surface area contributed by atoms with Gasteiger partial charge in [-0.05, 0) is 121 Å². The zero-order valence-corrected chi connectivity index (χ0v) is 29.9. The molecule has 1 heterocycles. The van der Waals surface area contributed by atoms with E-state index in [-0.39, 0.29) is 29.7 Å². The number of fused-ring (bicyclic) bond motifs is 8. The van der Waals surface area contributed by atoms with Crippen molar-refractivity contribution in [2.24, 2.45) is 46.3 Å². The van der Waals surface area contributed by atoms with Gasteiger partial charge in [0, 0.05) is 17.9 Å². The number of hydrogen-bond donors (Lipinski definition) is 0. The van der Waals surface area contributed by atoms with Crippen molar-refractivity contribution >= 4 is 27.7 Å². The van der Waals surface area contributed by atoms with Crippen LogP contribution in [0.4, 0.5) is 0 Å². The van der Waals surface area contributed by atoms with Crippen molar-refractivity contribution in [2.75, 3.05) is 6.61 Å². The molecule has 0 saturated heterocycles. The number of allylic oxidation sites excluding steroid dienone is 1. The molecule has 2 aromatic carbocycles. The topological polar surface area (TPSA) is 65.7 Å². The minimum atomic E-state index is -0.380. The third kappa shape index (κ3) is 6.36. The van der Waals surface area contributed by atoms with E-state index in [4.69, 9.17) is 13.9 Å². The van der Waals surface area contributed by atoms with Crippen molar-refractivity contribution in [3.63, 3.8) is 0 Å². The lowest BCUT2D eigenvalue weighted by atomic mass is 9.44. The molecule has 4 aliphatic carbocycles. The molecule has 5 nitrogen and oxygen atoms in total. The van der Waals surface area contributed by atoms with Crippen molar-refractivity contribution < 1.29 is 18.7 Å². The second kappa shape index (κ2) is 13.3. The van der Waals surface area contributed by atoms with Crippen molar-refractivity contribution in [3.05, 3.63) is 64.5 Å². The highest BCUT2D eigenvalue weighted by Gasteiger charge is 2.56. The lowest BCUT2D eigenvalue weighted by Gasteiger charge is -2.61. The molecule has 0 unspecified atom stereocenters. The Kier molecular flexibility index (Phi) is 9.28. The van der Waals surface area contributed by atoms with Crippen LogP contribution in [0, 0.1) is 46.3 Å². The van der Waals surface area contributed by atoms with E-state index in [1.165, 1.54) is 63.4 Å². The van der Waals surface area contributed by atoms with Gasteiger partial charge in [-0.15, -0.1) is 0 Å². The predicted molar refractivity (Wildman–Crippen MR) is 193 cm³/mol. The minimum absolute atomic E-state index is 0.0977. The van der Waals surface area contributed by atoms with Crippen LogP contribution in [0.1, 0.15) is 112 Å². The maximum atomic E-state index is 13.0. The van der Waals surface area contributed by atoms with Crippen LogP contribution in [0.2, 0.25) is 0 Å². The molecular formula is C43H56O5. The number of carbonyl (C=O) groups excluding carboxylic acids is 1. The fourth-order valence-corrected chi connectivity index (χ4v) is 10.9. The molecule has 0 amide bonds. The quantitative estimate of drug-likeness (QED) is 0.0996. The summed E-state index contributed by atoms with van der Waals surface area (Å²) in [5.74, 6) is 5.10. The van der Waals surface area contributed by atoms with Gasteiger partial charge in [0.05, 0.1) is 5.39 Å². The Morgan fingerprint density at radius 1 is 0.938 bits per heavy atom. The summed E-state index contributed by atoms with van der Waals surface area (Å²) in [4.78, 5) is 25.4. The van der Waals surface area contributed by atoms with Gasteiger partial charge in [0.25, 0.3) is 0 Å². The molecule has 48 heavy (non-hydrogen) atoms. The van der Waals surface area contributed by atoms with E-state index in [9.17, 15) is 9.59 Å². The van der Waals surface area contributed by atoms with E-state index in [1.807, 2.05) is 30.3 Å². The summed E-state index contributed by atoms with van der Waals surface area (Å²) in [5, 5.41) is 2.23. The van der Waals surface area contributed by atoms with Gasteiger partial charge in [-0.3, -0.25) is 0 Å². The second-order valence-electron chi connectivity index (χ2n) is 17.0. The highest BCUT2D eigenvalue weighted by molar-refractivity contribution is 6.04. The fourth-order valence-electron chi connectivity index (χ4n) is 10.9. The molecule has 3 saturated carbocycles. The van der Waals surface area contributed by atoms with Crippen molar-refractivity contribution in [1.82, 2.24) is 0 Å². The summed E-state index contributed by atoms with van der Waals surface area (Å²) in [6, 6.07) is 12.8. The van der Waals surface area contributed by atoms with Gasteiger partial charge in [-0.2, -0.15) is 0 Å². The van der Waals surface area contributed by atoms with Gasteiger partial charge in [-0.25, -0.2) is 9.59 Å². The van der Waals surface area contributed by atoms with E-state index in [2.05, 4.69) is 40.7 Å². The molecule has 1 aromatic heterocycles. The number of benzene rings is 2. The Hall–Kier alpha value is -3.08. The SMILES string of the molecule is CC(C)CCC[C@H](C)[C@@H]1CC[C@H]2[C@H]3CC=C4C[C@H](OC(=O)COc5ccc6c(c5)oc(=O)c5ccccc56)CC[C@]4(C)[C@@H]3CC[C@]2(C)C1. The molecule has 7 rings (SSSR count). The molecule has 0 N–H and O–H groups in total. The van der Waals surface area contributed by atoms with Gasteiger partial charge in [-0.1, -0.05) is 83.7 Å². The third-order valence-electron chi connectivity index (χ3n) is 13.6. The number of carbonyl (C=O) groups is 1. The molecule has 258 valence electrons. The summed E-state index contributed by atoms with van der Waals surface area (Å²) < 4.78 is 17.4. The fraction of sp³-hybridized carbons (Fsp3) is 0.628. The smallest absolute Gasteiger partial charge is 0.344 e. The lowest BCUT2D eigenvalue weighted by molar-refractivity contribution is -0.154. The number of rotatable bonds is 9. The Morgan fingerprint density at radius 3 is 2.56 bits per heavy atom. The highest BCUT2D eigenvalue weighted by Crippen LogP contribution is 2.65. The molecular weight excluding hydrogens is 596 g/mol. The van der Waals surface area contributed by atoms with Gasteiger partial charge in [0.2, 0.25) is 0 Å². The summed E-state index contributed by atoms with van der Waals surface area (Å²) in [7, 11) is 0. The van der Waals surface area contributed by atoms with Crippen LogP contribution < -0.4 is 10.4 Å². The average Bonchev–Trinajstić information content (AvgIpc) is 3.06. The van der Waals surface area contributed by atoms with Crippen LogP contribution in [-0.4, -0.2) is 18.7 Å².